The van der Waals surface area contributed by atoms with Crippen molar-refractivity contribution in [3.8, 4) is 11.1 Å². The van der Waals surface area contributed by atoms with Crippen molar-refractivity contribution in [3.63, 3.8) is 0 Å². The standard InChI is InChI=1S/C14H12F3NS/c15-13-7-9(8-18)1-6-12(13)10-2-4-11(5-3-10)19-14(16)17/h1-7,14H,8,18H2. The second-order valence-corrected chi connectivity index (χ2v) is 4.98. The molecule has 1 nitrogen and oxygen atoms in total. The summed E-state index contributed by atoms with van der Waals surface area (Å²) in [6.45, 7) is 0.279. The molecule has 2 aromatic rings. The van der Waals surface area contributed by atoms with Crippen LogP contribution in [-0.4, -0.2) is 5.76 Å². The number of rotatable bonds is 4. The number of thioether (sulfide) groups is 1. The summed E-state index contributed by atoms with van der Waals surface area (Å²) in [4.78, 5) is 0.456. The zero-order valence-corrected chi connectivity index (χ0v) is 10.8. The topological polar surface area (TPSA) is 26.0 Å². The smallest absolute Gasteiger partial charge is 0.288 e. The summed E-state index contributed by atoms with van der Waals surface area (Å²) in [6.07, 6.45) is 0. The second-order valence-electron chi connectivity index (χ2n) is 3.92. The Morgan fingerprint density at radius 1 is 1.05 bits per heavy atom. The first-order valence-corrected chi connectivity index (χ1v) is 6.52. The Bertz CT molecular complexity index is 555. The molecule has 0 aliphatic carbocycles. The fraction of sp³-hybridized carbons (Fsp3) is 0.143. The van der Waals surface area contributed by atoms with Crippen LogP contribution in [0.1, 0.15) is 5.56 Å². The SMILES string of the molecule is NCc1ccc(-c2ccc(SC(F)F)cc2)c(F)c1. The first-order chi connectivity index (χ1) is 9.10. The molecular formula is C14H12F3NS. The van der Waals surface area contributed by atoms with Crippen LogP contribution in [0.4, 0.5) is 13.2 Å². The van der Waals surface area contributed by atoms with Crippen LogP contribution >= 0.6 is 11.8 Å². The molecule has 0 unspecified atom stereocenters. The van der Waals surface area contributed by atoms with Gasteiger partial charge in [0, 0.05) is 17.0 Å². The van der Waals surface area contributed by atoms with E-state index >= 15 is 0 Å². The summed E-state index contributed by atoms with van der Waals surface area (Å²) >= 11 is 0.469. The predicted molar refractivity (Wildman–Crippen MR) is 71.6 cm³/mol. The van der Waals surface area contributed by atoms with Crippen molar-refractivity contribution in [2.24, 2.45) is 5.73 Å². The number of nitrogens with two attached hydrogens (primary N) is 1. The molecule has 0 aliphatic rings. The lowest BCUT2D eigenvalue weighted by Gasteiger charge is -2.06. The molecule has 2 aromatic carbocycles. The molecule has 0 bridgehead atoms. The van der Waals surface area contributed by atoms with Gasteiger partial charge < -0.3 is 5.73 Å². The number of hydrogen-bond acceptors (Lipinski definition) is 2. The zero-order valence-electron chi connectivity index (χ0n) is 9.95. The van der Waals surface area contributed by atoms with E-state index in [1.54, 1.807) is 36.4 Å². The maximum Gasteiger partial charge on any atom is 0.288 e. The number of alkyl halides is 2. The average Bonchev–Trinajstić information content (AvgIpc) is 2.39. The molecule has 0 fully saturated rings. The van der Waals surface area contributed by atoms with Gasteiger partial charge in [-0.15, -0.1) is 0 Å². The Morgan fingerprint density at radius 2 is 1.74 bits per heavy atom. The van der Waals surface area contributed by atoms with Crippen molar-refractivity contribution in [1.82, 2.24) is 0 Å². The average molecular weight is 283 g/mol. The Kier molecular flexibility index (Phi) is 4.50. The zero-order chi connectivity index (χ0) is 13.8. The maximum absolute atomic E-state index is 13.9. The van der Waals surface area contributed by atoms with Gasteiger partial charge in [-0.2, -0.15) is 8.78 Å². The van der Waals surface area contributed by atoms with Gasteiger partial charge in [0.05, 0.1) is 0 Å². The third kappa shape index (κ3) is 3.52. The third-order valence-electron chi connectivity index (χ3n) is 2.66. The molecule has 19 heavy (non-hydrogen) atoms. The molecule has 2 rings (SSSR count). The van der Waals surface area contributed by atoms with E-state index in [0.29, 0.717) is 33.3 Å². The van der Waals surface area contributed by atoms with E-state index in [0.717, 1.165) is 0 Å². The Balaban J connectivity index is 2.27. The molecule has 0 aliphatic heterocycles. The van der Waals surface area contributed by atoms with Crippen LogP contribution in [-0.2, 0) is 6.54 Å². The lowest BCUT2D eigenvalue weighted by molar-refractivity contribution is 0.252. The van der Waals surface area contributed by atoms with Crippen LogP contribution in [0.3, 0.4) is 0 Å². The molecule has 0 spiro atoms. The van der Waals surface area contributed by atoms with E-state index < -0.39 is 5.76 Å². The third-order valence-corrected chi connectivity index (χ3v) is 3.38. The number of hydrogen-bond donors (Lipinski definition) is 1. The van der Waals surface area contributed by atoms with E-state index in [1.807, 2.05) is 0 Å². The van der Waals surface area contributed by atoms with Crippen LogP contribution < -0.4 is 5.73 Å². The van der Waals surface area contributed by atoms with Crippen LogP contribution in [0.5, 0.6) is 0 Å². The first-order valence-electron chi connectivity index (χ1n) is 5.64. The van der Waals surface area contributed by atoms with Crippen molar-refractivity contribution >= 4 is 11.8 Å². The summed E-state index contributed by atoms with van der Waals surface area (Å²) < 4.78 is 38.2. The van der Waals surface area contributed by atoms with Crippen molar-refractivity contribution < 1.29 is 13.2 Å². The molecule has 0 radical (unpaired) electrons. The molecule has 5 heteroatoms. The van der Waals surface area contributed by atoms with Gasteiger partial charge in [-0.1, -0.05) is 36.0 Å². The van der Waals surface area contributed by atoms with Gasteiger partial charge in [-0.25, -0.2) is 4.39 Å². The molecule has 0 heterocycles. The molecule has 0 aromatic heterocycles. The summed E-state index contributed by atoms with van der Waals surface area (Å²) in [5, 5.41) is 0. The van der Waals surface area contributed by atoms with E-state index in [-0.39, 0.29) is 12.4 Å². The highest BCUT2D eigenvalue weighted by atomic mass is 32.2. The highest BCUT2D eigenvalue weighted by Gasteiger charge is 2.08. The Morgan fingerprint density at radius 3 is 2.26 bits per heavy atom. The quantitative estimate of drug-likeness (QED) is 0.848. The second kappa shape index (κ2) is 6.12. The highest BCUT2D eigenvalue weighted by Crippen LogP contribution is 2.29. The lowest BCUT2D eigenvalue weighted by Crippen LogP contribution is -1.97. The van der Waals surface area contributed by atoms with Gasteiger partial charge in [0.25, 0.3) is 5.76 Å². The monoisotopic (exact) mass is 283 g/mol. The van der Waals surface area contributed by atoms with Gasteiger partial charge >= 0.3 is 0 Å². The minimum atomic E-state index is -2.45. The number of halogens is 3. The van der Waals surface area contributed by atoms with Gasteiger partial charge in [0.15, 0.2) is 0 Å². The van der Waals surface area contributed by atoms with Crippen molar-refractivity contribution in [2.45, 2.75) is 17.2 Å². The number of benzene rings is 2. The van der Waals surface area contributed by atoms with Gasteiger partial charge in [-0.3, -0.25) is 0 Å². The molecule has 100 valence electrons. The van der Waals surface area contributed by atoms with E-state index in [9.17, 15) is 13.2 Å². The highest BCUT2D eigenvalue weighted by molar-refractivity contribution is 7.99. The summed E-state index contributed by atoms with van der Waals surface area (Å²) in [5.74, 6) is -2.82. The minimum absolute atomic E-state index is 0.279. The van der Waals surface area contributed by atoms with Gasteiger partial charge in [-0.05, 0) is 29.3 Å². The normalized spacial score (nSPS) is 11.0. The molecule has 0 atom stereocenters. The minimum Gasteiger partial charge on any atom is -0.326 e. The molecule has 0 saturated carbocycles. The molecule has 0 amide bonds. The van der Waals surface area contributed by atoms with E-state index in [4.69, 9.17) is 5.73 Å². The van der Waals surface area contributed by atoms with Gasteiger partial charge in [0.1, 0.15) is 5.82 Å². The van der Waals surface area contributed by atoms with E-state index in [1.165, 1.54) is 6.07 Å². The Labute approximate surface area is 113 Å². The lowest BCUT2D eigenvalue weighted by atomic mass is 10.0. The first kappa shape index (κ1) is 14.0. The summed E-state index contributed by atoms with van der Waals surface area (Å²) in [6, 6.07) is 11.2. The summed E-state index contributed by atoms with van der Waals surface area (Å²) in [5.41, 5.74) is 7.24. The maximum atomic E-state index is 13.9. The molecule has 2 N–H and O–H groups in total. The van der Waals surface area contributed by atoms with Crippen molar-refractivity contribution in [2.75, 3.05) is 0 Å². The van der Waals surface area contributed by atoms with E-state index in [2.05, 4.69) is 0 Å². The molecule has 0 saturated heterocycles. The van der Waals surface area contributed by atoms with Crippen LogP contribution in [0.25, 0.3) is 11.1 Å². The van der Waals surface area contributed by atoms with Crippen molar-refractivity contribution in [3.05, 3.63) is 53.8 Å². The largest absolute Gasteiger partial charge is 0.326 e. The Hall–Kier alpha value is -1.46. The van der Waals surface area contributed by atoms with Crippen molar-refractivity contribution in [1.29, 1.82) is 0 Å². The van der Waals surface area contributed by atoms with Gasteiger partial charge in [0.2, 0.25) is 0 Å². The predicted octanol–water partition coefficient (Wildman–Crippen LogP) is 4.27. The summed E-state index contributed by atoms with van der Waals surface area (Å²) in [7, 11) is 0. The fourth-order valence-electron chi connectivity index (χ4n) is 1.74. The fourth-order valence-corrected chi connectivity index (χ4v) is 2.23. The van der Waals surface area contributed by atoms with Crippen LogP contribution in [0, 0.1) is 5.82 Å². The van der Waals surface area contributed by atoms with Crippen LogP contribution in [0.2, 0.25) is 0 Å². The molecular weight excluding hydrogens is 271 g/mol. The van der Waals surface area contributed by atoms with Crippen LogP contribution in [0.15, 0.2) is 47.4 Å².